The molecule has 0 radical (unpaired) electrons. The molecule has 6 nitrogen and oxygen atoms in total. The zero-order chi connectivity index (χ0) is 19.1. The maximum absolute atomic E-state index is 12.5. The third kappa shape index (κ3) is 2.80. The summed E-state index contributed by atoms with van der Waals surface area (Å²) >= 11 is 3.27. The molecule has 2 amide bonds. The van der Waals surface area contributed by atoms with Crippen molar-refractivity contribution in [3.63, 3.8) is 0 Å². The fraction of sp³-hybridized carbons (Fsp3) is 0.100. The predicted molar refractivity (Wildman–Crippen MR) is 106 cm³/mol. The SMILES string of the molecule is COc1cccc(-c2[nH]c3ccc(OC)cc3c2C2=C(Br)C(=O)NC2=O)c1. The minimum Gasteiger partial charge on any atom is -0.497 e. The van der Waals surface area contributed by atoms with Crippen LogP contribution < -0.4 is 14.8 Å². The molecule has 2 heterocycles. The number of amides is 2. The first-order valence-electron chi connectivity index (χ1n) is 8.13. The summed E-state index contributed by atoms with van der Waals surface area (Å²) in [6, 6.07) is 13.1. The van der Waals surface area contributed by atoms with Gasteiger partial charge in [-0.2, -0.15) is 0 Å². The van der Waals surface area contributed by atoms with Crippen molar-refractivity contribution in [3.8, 4) is 22.8 Å². The summed E-state index contributed by atoms with van der Waals surface area (Å²) in [7, 11) is 3.18. The quantitative estimate of drug-likeness (QED) is 0.624. The lowest BCUT2D eigenvalue weighted by molar-refractivity contribution is -0.123. The third-order valence-corrected chi connectivity index (χ3v) is 5.24. The van der Waals surface area contributed by atoms with Crippen LogP contribution in [0.25, 0.3) is 27.7 Å². The molecule has 1 aliphatic heterocycles. The van der Waals surface area contributed by atoms with Crippen LogP contribution in [0, 0.1) is 0 Å². The number of halogens is 1. The van der Waals surface area contributed by atoms with Crippen LogP contribution in [0.5, 0.6) is 11.5 Å². The number of methoxy groups -OCH3 is 2. The molecule has 0 saturated carbocycles. The van der Waals surface area contributed by atoms with Crippen LogP contribution in [0.2, 0.25) is 0 Å². The first-order chi connectivity index (χ1) is 13.0. The van der Waals surface area contributed by atoms with Crippen molar-refractivity contribution in [2.45, 2.75) is 0 Å². The minimum atomic E-state index is -0.455. The summed E-state index contributed by atoms with van der Waals surface area (Å²) in [4.78, 5) is 27.9. The summed E-state index contributed by atoms with van der Waals surface area (Å²) in [6.07, 6.45) is 0. The molecule has 0 bridgehead atoms. The van der Waals surface area contributed by atoms with Crippen molar-refractivity contribution < 1.29 is 19.1 Å². The van der Waals surface area contributed by atoms with E-state index >= 15 is 0 Å². The lowest BCUT2D eigenvalue weighted by atomic mass is 9.98. The Balaban J connectivity index is 2.07. The van der Waals surface area contributed by atoms with Gasteiger partial charge in [0.05, 0.1) is 30.0 Å². The number of nitrogens with one attached hydrogen (secondary N) is 2. The van der Waals surface area contributed by atoms with Gasteiger partial charge in [-0.1, -0.05) is 12.1 Å². The highest BCUT2D eigenvalue weighted by molar-refractivity contribution is 9.12. The summed E-state index contributed by atoms with van der Waals surface area (Å²) in [5.74, 6) is 0.444. The van der Waals surface area contributed by atoms with Gasteiger partial charge in [0.1, 0.15) is 11.5 Å². The van der Waals surface area contributed by atoms with Gasteiger partial charge >= 0.3 is 0 Å². The molecule has 0 spiro atoms. The van der Waals surface area contributed by atoms with E-state index in [9.17, 15) is 9.59 Å². The molecule has 7 heteroatoms. The van der Waals surface area contributed by atoms with Gasteiger partial charge in [-0.15, -0.1) is 0 Å². The number of benzene rings is 2. The number of aromatic amines is 1. The molecule has 0 saturated heterocycles. The predicted octanol–water partition coefficient (Wildman–Crippen LogP) is 3.61. The van der Waals surface area contributed by atoms with Crippen molar-refractivity contribution in [1.82, 2.24) is 10.3 Å². The molecule has 3 aromatic rings. The Hall–Kier alpha value is -3.06. The number of carbonyl (C=O) groups is 2. The summed E-state index contributed by atoms with van der Waals surface area (Å²) in [6.45, 7) is 0. The van der Waals surface area contributed by atoms with E-state index in [1.165, 1.54) is 0 Å². The second kappa shape index (κ2) is 6.59. The average Bonchev–Trinajstić information content (AvgIpc) is 3.17. The molecule has 2 N–H and O–H groups in total. The standard InChI is InChI=1S/C20H15BrN2O4/c1-26-11-5-3-4-10(8-11)18-15(16-17(21)20(25)23-19(16)24)13-9-12(27-2)6-7-14(13)22-18/h3-9,22H,1-2H3,(H,23,24,25). The van der Waals surface area contributed by atoms with Gasteiger partial charge in [0, 0.05) is 22.0 Å². The molecule has 0 atom stereocenters. The highest BCUT2D eigenvalue weighted by Gasteiger charge is 2.33. The molecule has 0 fully saturated rings. The second-order valence-electron chi connectivity index (χ2n) is 5.99. The van der Waals surface area contributed by atoms with Gasteiger partial charge in [0.25, 0.3) is 11.8 Å². The van der Waals surface area contributed by atoms with Crippen LogP contribution in [0.4, 0.5) is 0 Å². The number of aromatic nitrogens is 1. The van der Waals surface area contributed by atoms with E-state index in [4.69, 9.17) is 9.47 Å². The number of hydrogen-bond donors (Lipinski definition) is 2. The van der Waals surface area contributed by atoms with Crippen molar-refractivity contribution in [1.29, 1.82) is 0 Å². The lowest BCUT2D eigenvalue weighted by Crippen LogP contribution is -2.22. The fourth-order valence-electron chi connectivity index (χ4n) is 3.21. The maximum atomic E-state index is 12.5. The molecule has 4 rings (SSSR count). The average molecular weight is 427 g/mol. The zero-order valence-corrected chi connectivity index (χ0v) is 16.1. The Morgan fingerprint density at radius 1 is 0.926 bits per heavy atom. The normalized spacial score (nSPS) is 14.0. The van der Waals surface area contributed by atoms with Crippen LogP contribution in [-0.2, 0) is 9.59 Å². The van der Waals surface area contributed by atoms with Crippen molar-refractivity contribution >= 4 is 44.2 Å². The van der Waals surface area contributed by atoms with Crippen molar-refractivity contribution in [3.05, 3.63) is 52.5 Å². The molecule has 1 aromatic heterocycles. The van der Waals surface area contributed by atoms with E-state index < -0.39 is 11.8 Å². The van der Waals surface area contributed by atoms with E-state index in [0.29, 0.717) is 22.8 Å². The van der Waals surface area contributed by atoms with E-state index in [1.807, 2.05) is 42.5 Å². The number of hydrogen-bond acceptors (Lipinski definition) is 4. The molecule has 27 heavy (non-hydrogen) atoms. The zero-order valence-electron chi connectivity index (χ0n) is 14.6. The lowest BCUT2D eigenvalue weighted by Gasteiger charge is -2.08. The van der Waals surface area contributed by atoms with Crippen LogP contribution >= 0.6 is 15.9 Å². The highest BCUT2D eigenvalue weighted by atomic mass is 79.9. The first kappa shape index (κ1) is 17.4. The maximum Gasteiger partial charge on any atom is 0.265 e. The van der Waals surface area contributed by atoms with Crippen LogP contribution in [-0.4, -0.2) is 31.0 Å². The van der Waals surface area contributed by atoms with Crippen LogP contribution in [0.3, 0.4) is 0 Å². The highest BCUT2D eigenvalue weighted by Crippen LogP contribution is 2.41. The van der Waals surface area contributed by atoms with Crippen LogP contribution in [0.15, 0.2) is 46.9 Å². The molecule has 136 valence electrons. The van der Waals surface area contributed by atoms with E-state index in [1.54, 1.807) is 14.2 Å². The largest absolute Gasteiger partial charge is 0.497 e. The molecule has 0 unspecified atom stereocenters. The summed E-state index contributed by atoms with van der Waals surface area (Å²) < 4.78 is 10.9. The number of fused-ring (bicyclic) bond motifs is 1. The topological polar surface area (TPSA) is 80.4 Å². The molecule has 1 aliphatic rings. The van der Waals surface area contributed by atoms with E-state index in [0.717, 1.165) is 16.5 Å². The van der Waals surface area contributed by atoms with Crippen molar-refractivity contribution in [2.75, 3.05) is 14.2 Å². The smallest absolute Gasteiger partial charge is 0.265 e. The Morgan fingerprint density at radius 3 is 2.33 bits per heavy atom. The molecular weight excluding hydrogens is 412 g/mol. The minimum absolute atomic E-state index is 0.209. The first-order valence-corrected chi connectivity index (χ1v) is 8.92. The summed E-state index contributed by atoms with van der Waals surface area (Å²) in [5.41, 5.74) is 3.29. The molecule has 0 aliphatic carbocycles. The Kier molecular flexibility index (Phi) is 4.24. The van der Waals surface area contributed by atoms with Gasteiger partial charge in [-0.3, -0.25) is 14.9 Å². The van der Waals surface area contributed by atoms with Gasteiger partial charge in [0.15, 0.2) is 0 Å². The number of carbonyl (C=O) groups excluding carboxylic acids is 2. The van der Waals surface area contributed by atoms with Gasteiger partial charge in [-0.25, -0.2) is 0 Å². The number of ether oxygens (including phenoxy) is 2. The number of imide groups is 1. The Labute approximate surface area is 163 Å². The monoisotopic (exact) mass is 426 g/mol. The Bertz CT molecular complexity index is 1130. The third-order valence-electron chi connectivity index (χ3n) is 4.49. The van der Waals surface area contributed by atoms with Gasteiger partial charge < -0.3 is 14.5 Å². The Morgan fingerprint density at radius 2 is 1.67 bits per heavy atom. The number of H-pyrrole nitrogens is 1. The molecule has 2 aromatic carbocycles. The van der Waals surface area contributed by atoms with Crippen molar-refractivity contribution in [2.24, 2.45) is 0 Å². The fourth-order valence-corrected chi connectivity index (χ4v) is 3.69. The summed E-state index contributed by atoms with van der Waals surface area (Å²) in [5, 5.41) is 3.11. The number of rotatable bonds is 4. The van der Waals surface area contributed by atoms with Gasteiger partial charge in [0.2, 0.25) is 0 Å². The second-order valence-corrected chi connectivity index (χ2v) is 6.78. The van der Waals surface area contributed by atoms with Crippen LogP contribution in [0.1, 0.15) is 5.56 Å². The van der Waals surface area contributed by atoms with Gasteiger partial charge in [-0.05, 0) is 46.3 Å². The van der Waals surface area contributed by atoms with E-state index in [2.05, 4.69) is 26.2 Å². The van der Waals surface area contributed by atoms with E-state index in [-0.39, 0.29) is 10.1 Å². The molecular formula is C20H15BrN2O4.